The molecule has 0 N–H and O–H groups in total. The molecule has 0 amide bonds. The Morgan fingerprint density at radius 1 is 0.931 bits per heavy atom. The molecule has 4 rings (SSSR count). The quantitative estimate of drug-likeness (QED) is 0.742. The summed E-state index contributed by atoms with van der Waals surface area (Å²) in [4.78, 5) is 4.59. The molecule has 0 spiro atoms. The summed E-state index contributed by atoms with van der Waals surface area (Å²) in [7, 11) is -2.07. The van der Waals surface area contributed by atoms with Gasteiger partial charge in [-0.25, -0.2) is 0 Å². The minimum absolute atomic E-state index is 0.266. The van der Waals surface area contributed by atoms with Gasteiger partial charge in [0.15, 0.2) is 0 Å². The maximum Gasteiger partial charge on any atom is 0.285 e. The van der Waals surface area contributed by atoms with Crippen LogP contribution < -0.4 is 9.64 Å². The van der Waals surface area contributed by atoms with Crippen molar-refractivity contribution in [1.82, 2.24) is 4.90 Å². The zero-order valence-electron chi connectivity index (χ0n) is 16.3. The van der Waals surface area contributed by atoms with Crippen LogP contribution >= 0.6 is 11.6 Å². The number of piperazine rings is 1. The van der Waals surface area contributed by atoms with Crippen molar-refractivity contribution in [3.8, 4) is 5.75 Å². The largest absolute Gasteiger partial charge is 0.497 e. The molecule has 0 bridgehead atoms. The van der Waals surface area contributed by atoms with E-state index in [-0.39, 0.29) is 4.91 Å². The van der Waals surface area contributed by atoms with Crippen LogP contribution in [0.1, 0.15) is 12.5 Å². The van der Waals surface area contributed by atoms with E-state index in [9.17, 15) is 8.42 Å². The second-order valence-electron chi connectivity index (χ2n) is 7.02. The zero-order chi connectivity index (χ0) is 20.6. The smallest absolute Gasteiger partial charge is 0.285 e. The molecule has 2 aromatic rings. The minimum Gasteiger partial charge on any atom is -0.497 e. The van der Waals surface area contributed by atoms with E-state index in [1.807, 2.05) is 31.2 Å². The Morgan fingerprint density at radius 2 is 1.52 bits per heavy atom. The number of hydrogen-bond acceptors (Lipinski definition) is 5. The molecular weight excluding hydrogens is 410 g/mol. The van der Waals surface area contributed by atoms with Crippen molar-refractivity contribution in [3.63, 3.8) is 0 Å². The Bertz CT molecular complexity index is 1070. The molecule has 0 aromatic heterocycles. The van der Waals surface area contributed by atoms with Crippen LogP contribution in [0.5, 0.6) is 5.75 Å². The lowest BCUT2D eigenvalue weighted by Gasteiger charge is -2.37. The minimum atomic E-state index is -3.72. The van der Waals surface area contributed by atoms with Crippen molar-refractivity contribution in [2.24, 2.45) is 4.40 Å². The van der Waals surface area contributed by atoms with Crippen LogP contribution in [-0.4, -0.2) is 52.4 Å². The van der Waals surface area contributed by atoms with Gasteiger partial charge in [-0.3, -0.25) is 0 Å². The van der Waals surface area contributed by atoms with Crippen molar-refractivity contribution in [2.45, 2.75) is 6.92 Å². The first kappa shape index (κ1) is 19.8. The fourth-order valence-electron chi connectivity index (χ4n) is 3.75. The van der Waals surface area contributed by atoms with Crippen LogP contribution in [0.3, 0.4) is 0 Å². The Labute approximate surface area is 176 Å². The van der Waals surface area contributed by atoms with E-state index in [0.717, 1.165) is 24.5 Å². The number of benzene rings is 2. The average Bonchev–Trinajstić information content (AvgIpc) is 2.98. The van der Waals surface area contributed by atoms with Gasteiger partial charge in [0.2, 0.25) is 0 Å². The van der Waals surface area contributed by atoms with Gasteiger partial charge >= 0.3 is 0 Å². The standard InChI is InChI=1S/C21H22ClN3O3S/c1-15-20(16-3-5-17(22)6-4-16)29(26,27)23-21(15)25-13-11-24(12-14-25)18-7-9-19(28-2)10-8-18/h3-10H,11-14H2,1-2H3. The van der Waals surface area contributed by atoms with E-state index >= 15 is 0 Å². The maximum atomic E-state index is 12.7. The van der Waals surface area contributed by atoms with Crippen LogP contribution in [0.2, 0.25) is 5.02 Å². The highest BCUT2D eigenvalue weighted by Crippen LogP contribution is 2.34. The normalized spacial score (nSPS) is 18.8. The van der Waals surface area contributed by atoms with E-state index in [0.29, 0.717) is 35.1 Å². The van der Waals surface area contributed by atoms with E-state index < -0.39 is 10.0 Å². The number of nitrogens with zero attached hydrogens (tertiary/aromatic N) is 3. The molecule has 152 valence electrons. The molecule has 29 heavy (non-hydrogen) atoms. The van der Waals surface area contributed by atoms with Crippen LogP contribution in [0.15, 0.2) is 58.5 Å². The fourth-order valence-corrected chi connectivity index (χ4v) is 5.36. The van der Waals surface area contributed by atoms with E-state index in [1.165, 1.54) is 0 Å². The number of anilines is 1. The third-order valence-electron chi connectivity index (χ3n) is 5.26. The average molecular weight is 432 g/mol. The summed E-state index contributed by atoms with van der Waals surface area (Å²) in [5.41, 5.74) is 2.42. The Morgan fingerprint density at radius 3 is 2.10 bits per heavy atom. The number of rotatable bonds is 3. The Hall–Kier alpha value is -2.51. The second-order valence-corrected chi connectivity index (χ2v) is 9.00. The molecule has 2 aromatic carbocycles. The molecule has 0 radical (unpaired) electrons. The van der Waals surface area contributed by atoms with Gasteiger partial charge in [-0.2, -0.15) is 8.42 Å². The lowest BCUT2D eigenvalue weighted by molar-refractivity contribution is 0.386. The van der Waals surface area contributed by atoms with Crippen molar-refractivity contribution in [2.75, 3.05) is 38.2 Å². The molecule has 2 aliphatic rings. The number of sulfonamides is 1. The van der Waals surface area contributed by atoms with Crippen LogP contribution in [-0.2, 0) is 10.0 Å². The predicted octanol–water partition coefficient (Wildman–Crippen LogP) is 3.64. The van der Waals surface area contributed by atoms with Gasteiger partial charge in [0.25, 0.3) is 10.0 Å². The molecule has 0 aliphatic carbocycles. The molecule has 1 saturated heterocycles. The first-order chi connectivity index (χ1) is 13.9. The lowest BCUT2D eigenvalue weighted by Crippen LogP contribution is -2.48. The summed E-state index contributed by atoms with van der Waals surface area (Å²) in [6.07, 6.45) is 0. The molecule has 6 nitrogen and oxygen atoms in total. The van der Waals surface area contributed by atoms with Crippen LogP contribution in [0.25, 0.3) is 4.91 Å². The highest BCUT2D eigenvalue weighted by molar-refractivity contribution is 8.00. The van der Waals surface area contributed by atoms with Gasteiger partial charge in [-0.1, -0.05) is 23.7 Å². The van der Waals surface area contributed by atoms with Crippen LogP contribution in [0.4, 0.5) is 5.69 Å². The summed E-state index contributed by atoms with van der Waals surface area (Å²) in [5.74, 6) is 1.37. The van der Waals surface area contributed by atoms with Gasteiger partial charge in [-0.05, 0) is 48.9 Å². The monoisotopic (exact) mass is 431 g/mol. The number of hydrogen-bond donors (Lipinski definition) is 0. The van der Waals surface area contributed by atoms with Gasteiger partial charge in [-0.15, -0.1) is 4.40 Å². The molecule has 2 heterocycles. The number of amidine groups is 1. The van der Waals surface area contributed by atoms with Gasteiger partial charge in [0.1, 0.15) is 16.5 Å². The summed E-state index contributed by atoms with van der Waals surface area (Å²) in [6.45, 7) is 4.80. The Kier molecular flexibility index (Phi) is 5.27. The lowest BCUT2D eigenvalue weighted by atomic mass is 10.1. The highest BCUT2D eigenvalue weighted by atomic mass is 35.5. The molecular formula is C21H22ClN3O3S. The van der Waals surface area contributed by atoms with E-state index in [2.05, 4.69) is 14.2 Å². The molecule has 1 fully saturated rings. The zero-order valence-corrected chi connectivity index (χ0v) is 17.9. The Balaban J connectivity index is 1.52. The third-order valence-corrected chi connectivity index (χ3v) is 6.99. The molecule has 0 unspecified atom stereocenters. The van der Waals surface area contributed by atoms with Crippen LogP contribution in [0, 0.1) is 0 Å². The molecule has 0 saturated carbocycles. The summed E-state index contributed by atoms with van der Waals surface area (Å²) >= 11 is 5.94. The first-order valence-corrected chi connectivity index (χ1v) is 11.2. The molecule has 8 heteroatoms. The van der Waals surface area contributed by atoms with Crippen molar-refractivity contribution in [1.29, 1.82) is 0 Å². The number of methoxy groups -OCH3 is 1. The molecule has 0 atom stereocenters. The van der Waals surface area contributed by atoms with Crippen molar-refractivity contribution >= 4 is 38.1 Å². The van der Waals surface area contributed by atoms with E-state index in [1.54, 1.807) is 31.4 Å². The SMILES string of the molecule is COc1ccc(N2CCN(C3=NS(=O)(=O)C(c4ccc(Cl)cc4)=C3C)CC2)cc1. The topological polar surface area (TPSA) is 62.2 Å². The van der Waals surface area contributed by atoms with Gasteiger partial charge < -0.3 is 14.5 Å². The maximum absolute atomic E-state index is 12.7. The third kappa shape index (κ3) is 3.84. The summed E-state index contributed by atoms with van der Waals surface area (Å²) in [6, 6.07) is 14.8. The van der Waals surface area contributed by atoms with Gasteiger partial charge in [0, 0.05) is 42.5 Å². The molecule has 2 aliphatic heterocycles. The fraction of sp³-hybridized carbons (Fsp3) is 0.286. The highest BCUT2D eigenvalue weighted by Gasteiger charge is 2.34. The van der Waals surface area contributed by atoms with E-state index in [4.69, 9.17) is 16.3 Å². The van der Waals surface area contributed by atoms with Crippen molar-refractivity contribution < 1.29 is 13.2 Å². The second kappa shape index (κ2) is 7.72. The first-order valence-electron chi connectivity index (χ1n) is 9.35. The number of ether oxygens (including phenoxy) is 1. The predicted molar refractivity (Wildman–Crippen MR) is 117 cm³/mol. The number of halogens is 1. The summed E-state index contributed by atoms with van der Waals surface area (Å²) in [5, 5.41) is 0.568. The summed E-state index contributed by atoms with van der Waals surface area (Å²) < 4.78 is 34.8. The van der Waals surface area contributed by atoms with Crippen molar-refractivity contribution in [3.05, 3.63) is 64.7 Å². The van der Waals surface area contributed by atoms with Gasteiger partial charge in [0.05, 0.1) is 7.11 Å².